The summed E-state index contributed by atoms with van der Waals surface area (Å²) in [5.74, 6) is 0. The molecule has 23 heavy (non-hydrogen) atoms. The Morgan fingerprint density at radius 1 is 1.22 bits per heavy atom. The minimum atomic E-state index is -3.08. The van der Waals surface area contributed by atoms with Crippen molar-refractivity contribution < 1.29 is 13.3 Å². The Morgan fingerprint density at radius 2 is 1.87 bits per heavy atom. The molecule has 1 N–H and O–H groups in total. The molecular weight excluding hydrogens is 318 g/mol. The van der Waals surface area contributed by atoms with Gasteiger partial charge in [-0.05, 0) is 44.7 Å². The number of aryl methyl sites for hydroxylation is 1. The van der Waals surface area contributed by atoms with Gasteiger partial charge >= 0.3 is 0 Å². The summed E-state index contributed by atoms with van der Waals surface area (Å²) in [4.78, 5) is 10.4. The Labute approximate surface area is 135 Å². The predicted octanol–water partition coefficient (Wildman–Crippen LogP) is 2.27. The first-order chi connectivity index (χ1) is 10.9. The van der Waals surface area contributed by atoms with Crippen molar-refractivity contribution in [2.45, 2.75) is 43.9 Å². The molecule has 1 aromatic rings. The Morgan fingerprint density at radius 3 is 2.39 bits per heavy atom. The maximum absolute atomic E-state index is 12.2. The minimum Gasteiger partial charge on any atom is -0.382 e. The van der Waals surface area contributed by atoms with Crippen molar-refractivity contribution in [1.29, 1.82) is 0 Å². The lowest BCUT2D eigenvalue weighted by Gasteiger charge is -2.32. The van der Waals surface area contributed by atoms with Gasteiger partial charge in [0.05, 0.1) is 10.2 Å². The van der Waals surface area contributed by atoms with Crippen LogP contribution in [0.2, 0.25) is 0 Å². The largest absolute Gasteiger partial charge is 0.382 e. The molecule has 0 spiro atoms. The fourth-order valence-electron chi connectivity index (χ4n) is 3.02. The maximum Gasteiger partial charge on any atom is 0.272 e. The zero-order valence-electron chi connectivity index (χ0n) is 13.1. The van der Waals surface area contributed by atoms with Crippen molar-refractivity contribution in [3.63, 3.8) is 0 Å². The molecule has 7 nitrogen and oxygen atoms in total. The van der Waals surface area contributed by atoms with Crippen LogP contribution >= 0.6 is 0 Å². The maximum atomic E-state index is 12.2. The quantitative estimate of drug-likeness (QED) is 0.656. The van der Waals surface area contributed by atoms with E-state index in [1.165, 1.54) is 6.07 Å². The van der Waals surface area contributed by atoms with E-state index in [4.69, 9.17) is 0 Å². The number of anilines is 1. The summed E-state index contributed by atoms with van der Waals surface area (Å²) < 4.78 is 26.0. The molecule has 0 amide bonds. The third kappa shape index (κ3) is 3.48. The number of nitrogens with zero attached hydrogens (tertiary/aromatic N) is 2. The standard InChI is InChI=1S/C15H21N3O4S/c1-11-10-13(2-5-15(11)18(19)20)16-12-6-8-17(9-7-12)23(21,22)14-3-4-14/h2,5,10,12,14,16H,3-4,6-9H2,1H3. The third-order valence-electron chi connectivity index (χ3n) is 4.52. The van der Waals surface area contributed by atoms with Crippen LogP contribution in [0.4, 0.5) is 11.4 Å². The number of rotatable bonds is 5. The molecule has 1 aromatic carbocycles. The van der Waals surface area contributed by atoms with Gasteiger partial charge < -0.3 is 5.32 Å². The van der Waals surface area contributed by atoms with Crippen molar-refractivity contribution in [2.75, 3.05) is 18.4 Å². The van der Waals surface area contributed by atoms with E-state index in [-0.39, 0.29) is 21.9 Å². The first-order valence-corrected chi connectivity index (χ1v) is 9.39. The van der Waals surface area contributed by atoms with Crippen molar-refractivity contribution in [1.82, 2.24) is 4.31 Å². The van der Waals surface area contributed by atoms with Gasteiger partial charge in [-0.3, -0.25) is 10.1 Å². The van der Waals surface area contributed by atoms with Crippen molar-refractivity contribution in [2.24, 2.45) is 0 Å². The minimum absolute atomic E-state index is 0.112. The Kier molecular flexibility index (Phi) is 4.29. The van der Waals surface area contributed by atoms with E-state index in [0.29, 0.717) is 18.7 Å². The van der Waals surface area contributed by atoms with E-state index in [2.05, 4.69) is 5.32 Å². The van der Waals surface area contributed by atoms with Crippen molar-refractivity contribution >= 4 is 21.4 Å². The number of nitro benzene ring substituents is 1. The molecule has 1 saturated carbocycles. The number of sulfonamides is 1. The molecule has 1 saturated heterocycles. The zero-order chi connectivity index (χ0) is 16.6. The highest BCUT2D eigenvalue weighted by Crippen LogP contribution is 2.32. The second kappa shape index (κ2) is 6.09. The van der Waals surface area contributed by atoms with Crippen LogP contribution in [0.3, 0.4) is 0 Å². The molecule has 2 fully saturated rings. The van der Waals surface area contributed by atoms with Gasteiger partial charge in [-0.15, -0.1) is 0 Å². The number of hydrogen-bond donors (Lipinski definition) is 1. The summed E-state index contributed by atoms with van der Waals surface area (Å²) in [6.45, 7) is 2.80. The van der Waals surface area contributed by atoms with Gasteiger partial charge in [-0.2, -0.15) is 0 Å². The number of nitro groups is 1. The summed E-state index contributed by atoms with van der Waals surface area (Å²) in [6.07, 6.45) is 3.09. The lowest BCUT2D eigenvalue weighted by Crippen LogP contribution is -2.43. The fraction of sp³-hybridized carbons (Fsp3) is 0.600. The van der Waals surface area contributed by atoms with Gasteiger partial charge in [0.15, 0.2) is 0 Å². The molecule has 2 aliphatic rings. The van der Waals surface area contributed by atoms with Crippen LogP contribution in [-0.4, -0.2) is 42.0 Å². The first-order valence-electron chi connectivity index (χ1n) is 7.88. The van der Waals surface area contributed by atoms with Gasteiger partial charge in [0.25, 0.3) is 5.69 Å². The van der Waals surface area contributed by atoms with Crippen LogP contribution in [0.1, 0.15) is 31.2 Å². The summed E-state index contributed by atoms with van der Waals surface area (Å²) >= 11 is 0. The van der Waals surface area contributed by atoms with E-state index in [0.717, 1.165) is 31.4 Å². The second-order valence-electron chi connectivity index (χ2n) is 6.32. The molecule has 0 atom stereocenters. The number of piperidine rings is 1. The number of benzene rings is 1. The van der Waals surface area contributed by atoms with Crippen LogP contribution in [0.5, 0.6) is 0 Å². The summed E-state index contributed by atoms with van der Waals surface area (Å²) in [5.41, 5.74) is 1.58. The average molecular weight is 339 g/mol. The van der Waals surface area contributed by atoms with Crippen LogP contribution in [0.25, 0.3) is 0 Å². The number of hydrogen-bond acceptors (Lipinski definition) is 5. The van der Waals surface area contributed by atoms with Gasteiger partial charge in [-0.1, -0.05) is 0 Å². The highest BCUT2D eigenvalue weighted by Gasteiger charge is 2.41. The van der Waals surface area contributed by atoms with Crippen LogP contribution in [0, 0.1) is 17.0 Å². The zero-order valence-corrected chi connectivity index (χ0v) is 13.9. The van der Waals surface area contributed by atoms with E-state index in [9.17, 15) is 18.5 Å². The molecule has 0 unspecified atom stereocenters. The summed E-state index contributed by atoms with van der Waals surface area (Å²) in [6, 6.07) is 5.18. The highest BCUT2D eigenvalue weighted by atomic mass is 32.2. The molecule has 126 valence electrons. The molecule has 8 heteroatoms. The molecule has 1 aliphatic heterocycles. The molecule has 3 rings (SSSR count). The highest BCUT2D eigenvalue weighted by molar-refractivity contribution is 7.90. The van der Waals surface area contributed by atoms with Gasteiger partial charge in [-0.25, -0.2) is 12.7 Å². The smallest absolute Gasteiger partial charge is 0.272 e. The van der Waals surface area contributed by atoms with Crippen LogP contribution < -0.4 is 5.32 Å². The lowest BCUT2D eigenvalue weighted by molar-refractivity contribution is -0.385. The fourth-order valence-corrected chi connectivity index (χ4v) is 4.89. The van der Waals surface area contributed by atoms with Crippen molar-refractivity contribution in [3.05, 3.63) is 33.9 Å². The van der Waals surface area contributed by atoms with E-state index < -0.39 is 10.0 Å². The number of nitrogens with one attached hydrogen (secondary N) is 1. The first kappa shape index (κ1) is 16.2. The van der Waals surface area contributed by atoms with E-state index in [1.807, 2.05) is 0 Å². The normalized spacial score (nSPS) is 20.4. The Balaban J connectivity index is 1.58. The Hall–Kier alpha value is -1.67. The molecule has 0 bridgehead atoms. The Bertz CT molecular complexity index is 707. The van der Waals surface area contributed by atoms with E-state index >= 15 is 0 Å². The van der Waals surface area contributed by atoms with Gasteiger partial charge in [0.2, 0.25) is 10.0 Å². The lowest BCUT2D eigenvalue weighted by atomic mass is 10.1. The molecule has 0 aromatic heterocycles. The topological polar surface area (TPSA) is 92.6 Å². The monoisotopic (exact) mass is 339 g/mol. The van der Waals surface area contributed by atoms with E-state index in [1.54, 1.807) is 23.4 Å². The molecule has 1 heterocycles. The summed E-state index contributed by atoms with van der Waals surface area (Å²) in [7, 11) is -3.08. The molecular formula is C15H21N3O4S. The predicted molar refractivity (Wildman–Crippen MR) is 88.0 cm³/mol. The molecule has 0 radical (unpaired) electrons. The summed E-state index contributed by atoms with van der Waals surface area (Å²) in [5, 5.41) is 14.0. The molecule has 1 aliphatic carbocycles. The third-order valence-corrected chi connectivity index (χ3v) is 6.92. The van der Waals surface area contributed by atoms with Gasteiger partial charge in [0, 0.05) is 36.4 Å². The van der Waals surface area contributed by atoms with Gasteiger partial charge in [0.1, 0.15) is 0 Å². The SMILES string of the molecule is Cc1cc(NC2CCN(S(=O)(=O)C3CC3)CC2)ccc1[N+](=O)[O-]. The second-order valence-corrected chi connectivity index (χ2v) is 8.53. The van der Waals surface area contributed by atoms with Crippen molar-refractivity contribution in [3.8, 4) is 0 Å². The average Bonchev–Trinajstić information content (AvgIpc) is 3.32. The van der Waals surface area contributed by atoms with Crippen LogP contribution in [-0.2, 0) is 10.0 Å². The van der Waals surface area contributed by atoms with Crippen LogP contribution in [0.15, 0.2) is 18.2 Å².